The van der Waals surface area contributed by atoms with Crippen LogP contribution in [-0.4, -0.2) is 43.0 Å². The fraction of sp³-hybridized carbons (Fsp3) is 0.588. The number of rotatable bonds is 5. The summed E-state index contributed by atoms with van der Waals surface area (Å²) in [5.41, 5.74) is 1.08. The minimum absolute atomic E-state index is 0.152. The van der Waals surface area contributed by atoms with E-state index >= 15 is 0 Å². The van der Waals surface area contributed by atoms with Gasteiger partial charge in [0.15, 0.2) is 0 Å². The van der Waals surface area contributed by atoms with Crippen LogP contribution in [0, 0.1) is 31.1 Å². The van der Waals surface area contributed by atoms with E-state index < -0.39 is 0 Å². The Hall–Kier alpha value is -2.33. The molecule has 0 saturated carbocycles. The molecule has 2 rings (SSSR count). The van der Waals surface area contributed by atoms with Crippen molar-refractivity contribution in [2.24, 2.45) is 5.92 Å². The number of esters is 1. The van der Waals surface area contributed by atoms with E-state index in [1.807, 2.05) is 11.0 Å². The third kappa shape index (κ3) is 4.15. The van der Waals surface area contributed by atoms with Crippen LogP contribution in [0.3, 0.4) is 0 Å². The number of carbonyl (C=O) groups excluding carboxylic acids is 2. The predicted molar refractivity (Wildman–Crippen MR) is 87.3 cm³/mol. The van der Waals surface area contributed by atoms with Crippen molar-refractivity contribution in [3.63, 3.8) is 0 Å². The van der Waals surface area contributed by atoms with Crippen LogP contribution >= 0.6 is 0 Å². The Morgan fingerprint density at radius 3 is 2.88 bits per heavy atom. The van der Waals surface area contributed by atoms with Gasteiger partial charge in [0.25, 0.3) is 0 Å². The van der Waals surface area contributed by atoms with Gasteiger partial charge in [-0.2, -0.15) is 5.26 Å². The first-order valence-corrected chi connectivity index (χ1v) is 8.15. The summed E-state index contributed by atoms with van der Waals surface area (Å²) in [7, 11) is 0. The van der Waals surface area contributed by atoms with E-state index in [0.29, 0.717) is 24.5 Å². The molecule has 0 spiro atoms. The second-order valence-corrected chi connectivity index (χ2v) is 5.97. The molecule has 1 aromatic rings. The lowest BCUT2D eigenvalue weighted by Crippen LogP contribution is -2.43. The number of anilines is 1. The Labute approximate surface area is 141 Å². The van der Waals surface area contributed by atoms with Gasteiger partial charge in [-0.3, -0.25) is 19.8 Å². The van der Waals surface area contributed by atoms with Gasteiger partial charge in [-0.05, 0) is 40.2 Å². The largest absolute Gasteiger partial charge is 0.466 e. The molecule has 1 fully saturated rings. The summed E-state index contributed by atoms with van der Waals surface area (Å²) in [4.78, 5) is 26.0. The molecule has 0 radical (unpaired) electrons. The Kier molecular flexibility index (Phi) is 5.99. The van der Waals surface area contributed by atoms with Gasteiger partial charge in [0.2, 0.25) is 11.8 Å². The lowest BCUT2D eigenvalue weighted by molar-refractivity contribution is -0.150. The van der Waals surface area contributed by atoms with Crippen LogP contribution in [0.2, 0.25) is 0 Å². The molecule has 1 aromatic heterocycles. The van der Waals surface area contributed by atoms with Crippen LogP contribution in [0.1, 0.15) is 36.7 Å². The number of hydrogen-bond donors (Lipinski definition) is 1. The maximum atomic E-state index is 12.2. The van der Waals surface area contributed by atoms with Crippen LogP contribution in [0.25, 0.3) is 0 Å². The first-order valence-electron chi connectivity index (χ1n) is 8.15. The maximum absolute atomic E-state index is 12.2. The molecule has 1 N–H and O–H groups in total. The maximum Gasteiger partial charge on any atom is 0.310 e. The van der Waals surface area contributed by atoms with Crippen LogP contribution in [-0.2, 0) is 14.3 Å². The van der Waals surface area contributed by atoms with Gasteiger partial charge in [-0.1, -0.05) is 0 Å². The normalized spacial score (nSPS) is 18.0. The van der Waals surface area contributed by atoms with Crippen LogP contribution in [0.5, 0.6) is 0 Å². The number of hydrogen-bond acceptors (Lipinski definition) is 6. The highest BCUT2D eigenvalue weighted by Gasteiger charge is 2.28. The van der Waals surface area contributed by atoms with Gasteiger partial charge >= 0.3 is 5.97 Å². The van der Waals surface area contributed by atoms with Gasteiger partial charge < -0.3 is 9.15 Å². The second kappa shape index (κ2) is 7.97. The van der Waals surface area contributed by atoms with Crippen molar-refractivity contribution < 1.29 is 18.7 Å². The number of piperidine rings is 1. The van der Waals surface area contributed by atoms with Crippen molar-refractivity contribution in [2.75, 3.05) is 31.6 Å². The lowest BCUT2D eigenvalue weighted by Gasteiger charge is -2.30. The number of ether oxygens (including phenoxy) is 1. The van der Waals surface area contributed by atoms with Crippen LogP contribution < -0.4 is 5.32 Å². The molecule has 7 nitrogen and oxygen atoms in total. The molecule has 0 unspecified atom stereocenters. The molecule has 1 atom stereocenters. The number of amides is 1. The minimum Gasteiger partial charge on any atom is -0.466 e. The number of nitriles is 1. The van der Waals surface area contributed by atoms with Gasteiger partial charge in [0, 0.05) is 12.1 Å². The molecule has 7 heteroatoms. The van der Waals surface area contributed by atoms with Crippen molar-refractivity contribution in [2.45, 2.75) is 33.6 Å². The van der Waals surface area contributed by atoms with Gasteiger partial charge in [-0.15, -0.1) is 0 Å². The van der Waals surface area contributed by atoms with E-state index in [9.17, 15) is 14.9 Å². The van der Waals surface area contributed by atoms with E-state index in [2.05, 4.69) is 5.32 Å². The summed E-state index contributed by atoms with van der Waals surface area (Å²) in [5.74, 6) is 0.157. The fourth-order valence-corrected chi connectivity index (χ4v) is 2.87. The third-order valence-electron chi connectivity index (χ3n) is 4.24. The number of aryl methyl sites for hydroxylation is 1. The Morgan fingerprint density at radius 1 is 1.46 bits per heavy atom. The summed E-state index contributed by atoms with van der Waals surface area (Å²) in [6.07, 6.45) is 1.63. The molecule has 1 aliphatic heterocycles. The standard InChI is InChI=1S/C17H23N3O4/c1-4-23-17(22)13-6-5-7-20(9-13)10-15(21)19-16-14(8-18)11(2)12(3)24-16/h13H,4-7,9-10H2,1-3H3,(H,19,21)/t13-/m0/s1. The molecule has 24 heavy (non-hydrogen) atoms. The molecular weight excluding hydrogens is 310 g/mol. The molecule has 1 aliphatic rings. The summed E-state index contributed by atoms with van der Waals surface area (Å²) in [6.45, 7) is 7.09. The van der Waals surface area contributed by atoms with Crippen molar-refractivity contribution in [3.8, 4) is 6.07 Å². The van der Waals surface area contributed by atoms with Crippen LogP contribution in [0.15, 0.2) is 4.42 Å². The zero-order valence-corrected chi connectivity index (χ0v) is 14.3. The second-order valence-electron chi connectivity index (χ2n) is 5.97. The average molecular weight is 333 g/mol. The van der Waals surface area contributed by atoms with Crippen molar-refractivity contribution >= 4 is 17.8 Å². The number of nitrogens with zero attached hydrogens (tertiary/aromatic N) is 2. The van der Waals surface area contributed by atoms with E-state index in [1.54, 1.807) is 20.8 Å². The number of furan rings is 1. The Balaban J connectivity index is 1.94. The number of nitrogens with one attached hydrogen (secondary N) is 1. The molecule has 0 aliphatic carbocycles. The molecule has 0 aromatic carbocycles. The summed E-state index contributed by atoms with van der Waals surface area (Å²) >= 11 is 0. The smallest absolute Gasteiger partial charge is 0.310 e. The van der Waals surface area contributed by atoms with Crippen molar-refractivity contribution in [3.05, 3.63) is 16.9 Å². The van der Waals surface area contributed by atoms with Gasteiger partial charge in [-0.25, -0.2) is 0 Å². The molecule has 1 amide bonds. The highest BCUT2D eigenvalue weighted by atomic mass is 16.5. The topological polar surface area (TPSA) is 95.6 Å². The quantitative estimate of drug-likeness (QED) is 0.828. The Morgan fingerprint density at radius 2 is 2.21 bits per heavy atom. The summed E-state index contributed by atoms with van der Waals surface area (Å²) in [5, 5.41) is 11.8. The van der Waals surface area contributed by atoms with E-state index in [-0.39, 0.29) is 30.2 Å². The summed E-state index contributed by atoms with van der Waals surface area (Å²) < 4.78 is 10.5. The van der Waals surface area contributed by atoms with E-state index in [1.165, 1.54) is 0 Å². The SMILES string of the molecule is CCOC(=O)[C@H]1CCCN(CC(=O)Nc2oc(C)c(C)c2C#N)C1. The predicted octanol–water partition coefficient (Wildman–Crippen LogP) is 1.98. The zero-order valence-electron chi connectivity index (χ0n) is 14.3. The fourth-order valence-electron chi connectivity index (χ4n) is 2.87. The molecule has 1 saturated heterocycles. The van der Waals surface area contributed by atoms with Crippen molar-refractivity contribution in [1.82, 2.24) is 4.90 Å². The Bertz CT molecular complexity index is 660. The van der Waals surface area contributed by atoms with Crippen molar-refractivity contribution in [1.29, 1.82) is 5.26 Å². The first-order chi connectivity index (χ1) is 11.5. The third-order valence-corrected chi connectivity index (χ3v) is 4.24. The lowest BCUT2D eigenvalue weighted by atomic mass is 9.98. The summed E-state index contributed by atoms with van der Waals surface area (Å²) in [6, 6.07) is 2.05. The van der Waals surface area contributed by atoms with E-state index in [0.717, 1.165) is 24.9 Å². The average Bonchev–Trinajstić information content (AvgIpc) is 2.81. The van der Waals surface area contributed by atoms with Gasteiger partial charge in [0.05, 0.1) is 19.1 Å². The van der Waals surface area contributed by atoms with Gasteiger partial charge in [0.1, 0.15) is 17.4 Å². The zero-order chi connectivity index (χ0) is 17.7. The molecular formula is C17H23N3O4. The van der Waals surface area contributed by atoms with E-state index in [4.69, 9.17) is 9.15 Å². The highest BCUT2D eigenvalue weighted by Crippen LogP contribution is 2.25. The molecule has 2 heterocycles. The number of likely N-dealkylation sites (tertiary alicyclic amines) is 1. The highest BCUT2D eigenvalue weighted by molar-refractivity contribution is 5.92. The minimum atomic E-state index is -0.259. The molecule has 0 bridgehead atoms. The monoisotopic (exact) mass is 333 g/mol. The number of carbonyl (C=O) groups is 2. The molecule has 130 valence electrons. The van der Waals surface area contributed by atoms with Crippen LogP contribution in [0.4, 0.5) is 5.88 Å². The first kappa shape index (κ1) is 18.0.